The summed E-state index contributed by atoms with van der Waals surface area (Å²) < 4.78 is 5.20. The van der Waals surface area contributed by atoms with E-state index >= 15 is 0 Å². The van der Waals surface area contributed by atoms with Crippen LogP contribution in [0.4, 0.5) is 0 Å². The second-order valence-electron chi connectivity index (χ2n) is 5.77. The second-order valence-corrected chi connectivity index (χ2v) is 7.08. The van der Waals surface area contributed by atoms with Gasteiger partial charge in [-0.05, 0) is 33.2 Å². The fourth-order valence-electron chi connectivity index (χ4n) is 2.81. The number of guanidine groups is 1. The first-order chi connectivity index (χ1) is 11.2. The van der Waals surface area contributed by atoms with Crippen LogP contribution in [0, 0.1) is 6.92 Å². The molecule has 0 aliphatic carbocycles. The fraction of sp³-hybridized carbons (Fsp3) is 0.750. The van der Waals surface area contributed by atoms with Crippen LogP contribution in [-0.4, -0.2) is 61.8 Å². The number of nitrogens with zero attached hydrogens (tertiary/aromatic N) is 3. The van der Waals surface area contributed by atoms with Crippen molar-refractivity contribution < 1.29 is 4.74 Å². The Morgan fingerprint density at radius 2 is 2.33 bits per heavy atom. The van der Waals surface area contributed by atoms with Gasteiger partial charge < -0.3 is 15.4 Å². The average molecular weight is 467 g/mol. The maximum absolute atomic E-state index is 5.20. The Hall–Kier alpha value is -0.450. The maximum atomic E-state index is 5.20. The predicted octanol–water partition coefficient (Wildman–Crippen LogP) is 2.24. The van der Waals surface area contributed by atoms with E-state index in [1.54, 1.807) is 18.4 Å². The van der Waals surface area contributed by atoms with Gasteiger partial charge in [-0.3, -0.25) is 4.90 Å². The molecular weight excluding hydrogens is 437 g/mol. The Morgan fingerprint density at radius 1 is 1.50 bits per heavy atom. The van der Waals surface area contributed by atoms with Crippen LogP contribution < -0.4 is 10.6 Å². The highest BCUT2D eigenvalue weighted by Gasteiger charge is 2.23. The van der Waals surface area contributed by atoms with E-state index in [0.717, 1.165) is 37.2 Å². The minimum atomic E-state index is 0. The van der Waals surface area contributed by atoms with E-state index in [-0.39, 0.29) is 24.0 Å². The number of thiazole rings is 1. The summed E-state index contributed by atoms with van der Waals surface area (Å²) in [5.41, 5.74) is 0. The number of nitrogens with one attached hydrogen (secondary N) is 2. The minimum absolute atomic E-state index is 0. The van der Waals surface area contributed by atoms with Gasteiger partial charge >= 0.3 is 0 Å². The Morgan fingerprint density at radius 3 is 3.00 bits per heavy atom. The highest BCUT2D eigenvalue weighted by atomic mass is 127. The molecule has 0 amide bonds. The van der Waals surface area contributed by atoms with E-state index < -0.39 is 0 Å². The van der Waals surface area contributed by atoms with Gasteiger partial charge in [-0.2, -0.15) is 0 Å². The Labute approximate surface area is 166 Å². The normalized spacial score (nSPS) is 18.5. The number of likely N-dealkylation sites (tertiary alicyclic amines) is 1. The number of hydrogen-bond acceptors (Lipinski definition) is 5. The van der Waals surface area contributed by atoms with Crippen molar-refractivity contribution in [2.75, 3.05) is 39.9 Å². The number of aromatic nitrogens is 1. The molecule has 1 fully saturated rings. The van der Waals surface area contributed by atoms with Crippen molar-refractivity contribution in [3.63, 3.8) is 0 Å². The van der Waals surface area contributed by atoms with Gasteiger partial charge in [0.2, 0.25) is 0 Å². The molecule has 1 saturated heterocycles. The molecule has 2 heterocycles. The van der Waals surface area contributed by atoms with Crippen LogP contribution in [0.2, 0.25) is 0 Å². The number of rotatable bonds is 8. The molecule has 1 aromatic rings. The van der Waals surface area contributed by atoms with Gasteiger partial charge in [0.05, 0.1) is 13.2 Å². The van der Waals surface area contributed by atoms with Crippen LogP contribution in [0.3, 0.4) is 0 Å². The maximum Gasteiger partial charge on any atom is 0.191 e. The summed E-state index contributed by atoms with van der Waals surface area (Å²) in [6.45, 7) is 9.55. The van der Waals surface area contributed by atoms with Crippen LogP contribution in [-0.2, 0) is 11.3 Å². The molecule has 1 atom stereocenters. The summed E-state index contributed by atoms with van der Waals surface area (Å²) in [6, 6.07) is 0.566. The first kappa shape index (κ1) is 21.6. The number of halogens is 1. The number of methoxy groups -OCH3 is 1. The Kier molecular flexibility index (Phi) is 10.8. The standard InChI is InChI=1S/C16H29N5OS.HI/c1-4-17-16(20-12-15-18-10-13(2)23-15)19-11-14-6-5-7-21(14)8-9-22-3;/h10,14H,4-9,11-12H2,1-3H3,(H2,17,19,20);1H. The molecule has 1 unspecified atom stereocenters. The van der Waals surface area contributed by atoms with Crippen LogP contribution in [0.15, 0.2) is 11.2 Å². The lowest BCUT2D eigenvalue weighted by Gasteiger charge is -2.25. The van der Waals surface area contributed by atoms with Crippen molar-refractivity contribution in [1.29, 1.82) is 0 Å². The van der Waals surface area contributed by atoms with Crippen molar-refractivity contribution in [2.24, 2.45) is 4.99 Å². The quantitative estimate of drug-likeness (QED) is 0.349. The van der Waals surface area contributed by atoms with E-state index in [9.17, 15) is 0 Å². The predicted molar refractivity (Wildman–Crippen MR) is 112 cm³/mol. The number of hydrogen-bond donors (Lipinski definition) is 2. The average Bonchev–Trinajstić information content (AvgIpc) is 3.16. The summed E-state index contributed by atoms with van der Waals surface area (Å²) in [5, 5.41) is 7.85. The van der Waals surface area contributed by atoms with Crippen molar-refractivity contribution in [3.8, 4) is 0 Å². The SMILES string of the molecule is CCNC(=NCc1ncc(C)s1)NCC1CCCN1CCOC.I. The Bertz CT molecular complexity index is 497. The summed E-state index contributed by atoms with van der Waals surface area (Å²) >= 11 is 1.70. The van der Waals surface area contributed by atoms with Crippen LogP contribution in [0.25, 0.3) is 0 Å². The van der Waals surface area contributed by atoms with Gasteiger partial charge in [-0.15, -0.1) is 35.3 Å². The van der Waals surface area contributed by atoms with E-state index in [2.05, 4.69) is 39.4 Å². The molecule has 0 spiro atoms. The fourth-order valence-corrected chi connectivity index (χ4v) is 3.52. The zero-order valence-electron chi connectivity index (χ0n) is 14.9. The minimum Gasteiger partial charge on any atom is -0.383 e. The monoisotopic (exact) mass is 467 g/mol. The highest BCUT2D eigenvalue weighted by Crippen LogP contribution is 2.16. The molecule has 0 aromatic carbocycles. The van der Waals surface area contributed by atoms with Gasteiger partial charge in [-0.25, -0.2) is 9.98 Å². The number of aliphatic imine (C=N–C) groups is 1. The first-order valence-electron chi connectivity index (χ1n) is 8.39. The lowest BCUT2D eigenvalue weighted by atomic mass is 10.2. The molecular formula is C16H30IN5OS. The van der Waals surface area contributed by atoms with Crippen molar-refractivity contribution in [2.45, 2.75) is 39.3 Å². The lowest BCUT2D eigenvalue weighted by Crippen LogP contribution is -2.45. The zero-order valence-corrected chi connectivity index (χ0v) is 18.0. The van der Waals surface area contributed by atoms with Crippen LogP contribution >= 0.6 is 35.3 Å². The third-order valence-corrected chi connectivity index (χ3v) is 4.87. The third kappa shape index (κ3) is 7.20. The molecule has 6 nitrogen and oxygen atoms in total. The second kappa shape index (κ2) is 12.0. The molecule has 1 aliphatic rings. The smallest absolute Gasteiger partial charge is 0.191 e. The lowest BCUT2D eigenvalue weighted by molar-refractivity contribution is 0.141. The van der Waals surface area contributed by atoms with E-state index in [0.29, 0.717) is 12.6 Å². The van der Waals surface area contributed by atoms with Crippen molar-refractivity contribution >= 4 is 41.3 Å². The number of ether oxygens (including phenoxy) is 1. The Balaban J connectivity index is 0.00000288. The van der Waals surface area contributed by atoms with Crippen LogP contribution in [0.1, 0.15) is 29.7 Å². The molecule has 2 N–H and O–H groups in total. The van der Waals surface area contributed by atoms with Gasteiger partial charge in [0.1, 0.15) is 5.01 Å². The van der Waals surface area contributed by atoms with Crippen molar-refractivity contribution in [1.82, 2.24) is 20.5 Å². The molecule has 0 radical (unpaired) electrons. The van der Waals surface area contributed by atoms with E-state index in [4.69, 9.17) is 4.74 Å². The first-order valence-corrected chi connectivity index (χ1v) is 9.21. The van der Waals surface area contributed by atoms with Crippen molar-refractivity contribution in [3.05, 3.63) is 16.1 Å². The molecule has 0 bridgehead atoms. The summed E-state index contributed by atoms with van der Waals surface area (Å²) in [4.78, 5) is 12.7. The van der Waals surface area contributed by atoms with E-state index in [1.165, 1.54) is 24.3 Å². The molecule has 1 aliphatic heterocycles. The largest absolute Gasteiger partial charge is 0.383 e. The van der Waals surface area contributed by atoms with E-state index in [1.807, 2.05) is 6.20 Å². The molecule has 0 saturated carbocycles. The number of aryl methyl sites for hydroxylation is 1. The molecule has 8 heteroatoms. The van der Waals surface area contributed by atoms with Gasteiger partial charge in [0.15, 0.2) is 5.96 Å². The zero-order chi connectivity index (χ0) is 16.5. The summed E-state index contributed by atoms with van der Waals surface area (Å²) in [5.74, 6) is 0.874. The summed E-state index contributed by atoms with van der Waals surface area (Å²) in [7, 11) is 1.76. The third-order valence-electron chi connectivity index (χ3n) is 3.97. The van der Waals surface area contributed by atoms with Crippen LogP contribution in [0.5, 0.6) is 0 Å². The van der Waals surface area contributed by atoms with Gasteiger partial charge in [-0.1, -0.05) is 0 Å². The van der Waals surface area contributed by atoms with Gasteiger partial charge in [0.25, 0.3) is 0 Å². The molecule has 24 heavy (non-hydrogen) atoms. The molecule has 2 rings (SSSR count). The molecule has 1 aromatic heterocycles. The summed E-state index contributed by atoms with van der Waals surface area (Å²) in [6.07, 6.45) is 4.41. The molecule has 138 valence electrons. The van der Waals surface area contributed by atoms with Gasteiger partial charge in [0, 0.05) is 43.9 Å². The topological polar surface area (TPSA) is 61.8 Å². The highest BCUT2D eigenvalue weighted by molar-refractivity contribution is 14.0.